The molecule has 0 aliphatic rings. The first-order valence-electron chi connectivity index (χ1n) is 5.60. The third-order valence-electron chi connectivity index (χ3n) is 2.26. The van der Waals surface area contributed by atoms with Gasteiger partial charge in [-0.3, -0.25) is 4.79 Å². The second-order valence-electron chi connectivity index (χ2n) is 3.86. The SMILES string of the molecule is Cc1nc(CC(=O)NCCc2csc(C)n2)no1. The predicted octanol–water partition coefficient (Wildman–Crippen LogP) is 1.04. The quantitative estimate of drug-likeness (QED) is 0.874. The summed E-state index contributed by atoms with van der Waals surface area (Å²) >= 11 is 1.61. The number of nitrogens with one attached hydrogen (secondary N) is 1. The van der Waals surface area contributed by atoms with Crippen LogP contribution in [0.2, 0.25) is 0 Å². The summed E-state index contributed by atoms with van der Waals surface area (Å²) in [5, 5.41) is 9.51. The van der Waals surface area contributed by atoms with Gasteiger partial charge in [-0.15, -0.1) is 11.3 Å². The van der Waals surface area contributed by atoms with E-state index in [4.69, 9.17) is 4.52 Å². The van der Waals surface area contributed by atoms with Gasteiger partial charge in [0.15, 0.2) is 5.82 Å². The number of carbonyl (C=O) groups is 1. The number of aromatic nitrogens is 3. The molecule has 0 saturated heterocycles. The summed E-state index contributed by atoms with van der Waals surface area (Å²) in [5.41, 5.74) is 1.01. The standard InChI is InChI=1S/C11H14N4O2S/c1-7-13-10(15-17-7)5-11(16)12-4-3-9-6-18-8(2)14-9/h6H,3-5H2,1-2H3,(H,12,16). The molecule has 18 heavy (non-hydrogen) atoms. The first-order chi connectivity index (χ1) is 8.63. The Bertz CT molecular complexity index is 535. The molecule has 0 aliphatic heterocycles. The summed E-state index contributed by atoms with van der Waals surface area (Å²) in [6.45, 7) is 4.23. The van der Waals surface area contributed by atoms with Crippen LogP contribution in [0.3, 0.4) is 0 Å². The van der Waals surface area contributed by atoms with Crippen molar-refractivity contribution < 1.29 is 9.32 Å². The van der Waals surface area contributed by atoms with Crippen LogP contribution in [-0.2, 0) is 17.6 Å². The maximum Gasteiger partial charge on any atom is 0.227 e. The second kappa shape index (κ2) is 5.72. The normalized spacial score (nSPS) is 10.6. The second-order valence-corrected chi connectivity index (χ2v) is 4.93. The smallest absolute Gasteiger partial charge is 0.227 e. The fraction of sp³-hybridized carbons (Fsp3) is 0.455. The van der Waals surface area contributed by atoms with Gasteiger partial charge in [-0.1, -0.05) is 5.16 Å². The summed E-state index contributed by atoms with van der Waals surface area (Å²) < 4.78 is 4.79. The molecule has 1 amide bonds. The molecule has 2 heterocycles. The zero-order valence-corrected chi connectivity index (χ0v) is 11.1. The highest BCUT2D eigenvalue weighted by atomic mass is 32.1. The van der Waals surface area contributed by atoms with Gasteiger partial charge in [0.05, 0.1) is 17.1 Å². The maximum atomic E-state index is 11.6. The molecule has 0 atom stereocenters. The van der Waals surface area contributed by atoms with Crippen LogP contribution >= 0.6 is 11.3 Å². The third-order valence-corrected chi connectivity index (χ3v) is 3.08. The summed E-state index contributed by atoms with van der Waals surface area (Å²) in [5.74, 6) is 0.771. The van der Waals surface area contributed by atoms with E-state index in [1.165, 1.54) is 0 Å². The van der Waals surface area contributed by atoms with Gasteiger partial charge >= 0.3 is 0 Å². The van der Waals surface area contributed by atoms with Gasteiger partial charge in [0.1, 0.15) is 0 Å². The Hall–Kier alpha value is -1.76. The van der Waals surface area contributed by atoms with E-state index in [0.717, 1.165) is 17.1 Å². The van der Waals surface area contributed by atoms with E-state index >= 15 is 0 Å². The average Bonchev–Trinajstić information content (AvgIpc) is 2.88. The van der Waals surface area contributed by atoms with E-state index in [9.17, 15) is 4.79 Å². The molecule has 0 bridgehead atoms. The zero-order valence-electron chi connectivity index (χ0n) is 10.3. The van der Waals surface area contributed by atoms with E-state index in [-0.39, 0.29) is 12.3 Å². The monoisotopic (exact) mass is 266 g/mol. The number of nitrogens with zero attached hydrogens (tertiary/aromatic N) is 3. The average molecular weight is 266 g/mol. The van der Waals surface area contributed by atoms with Crippen molar-refractivity contribution in [1.29, 1.82) is 0 Å². The van der Waals surface area contributed by atoms with Crippen LogP contribution in [0.25, 0.3) is 0 Å². The van der Waals surface area contributed by atoms with Crippen molar-refractivity contribution in [2.24, 2.45) is 0 Å². The van der Waals surface area contributed by atoms with E-state index < -0.39 is 0 Å². The molecule has 0 saturated carbocycles. The fourth-order valence-corrected chi connectivity index (χ4v) is 2.12. The predicted molar refractivity (Wildman–Crippen MR) is 66.3 cm³/mol. The third kappa shape index (κ3) is 3.63. The van der Waals surface area contributed by atoms with Gasteiger partial charge in [0.2, 0.25) is 11.8 Å². The van der Waals surface area contributed by atoms with Crippen LogP contribution in [0.5, 0.6) is 0 Å². The minimum absolute atomic E-state index is 0.109. The Morgan fingerprint density at radius 3 is 2.89 bits per heavy atom. The number of aryl methyl sites for hydroxylation is 2. The Labute approximate surface area is 108 Å². The lowest BCUT2D eigenvalue weighted by atomic mass is 10.3. The maximum absolute atomic E-state index is 11.6. The fourth-order valence-electron chi connectivity index (χ4n) is 1.47. The first kappa shape index (κ1) is 12.7. The molecule has 6 nitrogen and oxygen atoms in total. The van der Waals surface area contributed by atoms with Crippen LogP contribution in [0, 0.1) is 13.8 Å². The van der Waals surface area contributed by atoms with Crippen molar-refractivity contribution in [3.8, 4) is 0 Å². The molecule has 2 rings (SSSR count). The molecule has 0 aliphatic carbocycles. The molecule has 96 valence electrons. The first-order valence-corrected chi connectivity index (χ1v) is 6.48. The van der Waals surface area contributed by atoms with E-state index in [1.807, 2.05) is 12.3 Å². The molecule has 2 aromatic rings. The highest BCUT2D eigenvalue weighted by Crippen LogP contribution is 2.07. The topological polar surface area (TPSA) is 80.9 Å². The molecule has 0 unspecified atom stereocenters. The lowest BCUT2D eigenvalue weighted by Gasteiger charge is -2.01. The lowest BCUT2D eigenvalue weighted by Crippen LogP contribution is -2.27. The van der Waals surface area contributed by atoms with Crippen LogP contribution in [0.4, 0.5) is 0 Å². The highest BCUT2D eigenvalue weighted by molar-refractivity contribution is 7.09. The van der Waals surface area contributed by atoms with Crippen LogP contribution in [0.1, 0.15) is 22.4 Å². The molecule has 0 fully saturated rings. The highest BCUT2D eigenvalue weighted by Gasteiger charge is 2.08. The van der Waals surface area contributed by atoms with Crippen molar-refractivity contribution >= 4 is 17.2 Å². The molecule has 2 aromatic heterocycles. The molecule has 0 radical (unpaired) electrons. The Balaban J connectivity index is 1.72. The number of rotatable bonds is 5. The van der Waals surface area contributed by atoms with Gasteiger partial charge in [-0.25, -0.2) is 4.98 Å². The van der Waals surface area contributed by atoms with Gasteiger partial charge in [-0.05, 0) is 6.92 Å². The Morgan fingerprint density at radius 2 is 2.28 bits per heavy atom. The van der Waals surface area contributed by atoms with E-state index in [0.29, 0.717) is 18.3 Å². The summed E-state index contributed by atoms with van der Waals surface area (Å²) in [7, 11) is 0. The van der Waals surface area contributed by atoms with Crippen LogP contribution in [-0.4, -0.2) is 27.6 Å². The molecule has 0 aromatic carbocycles. The van der Waals surface area contributed by atoms with Crippen molar-refractivity contribution in [3.63, 3.8) is 0 Å². The Morgan fingerprint density at radius 1 is 1.44 bits per heavy atom. The Kier molecular flexibility index (Phi) is 4.03. The van der Waals surface area contributed by atoms with Crippen molar-refractivity contribution in [2.75, 3.05) is 6.54 Å². The minimum Gasteiger partial charge on any atom is -0.355 e. The molecule has 0 spiro atoms. The number of carbonyl (C=O) groups excluding carboxylic acids is 1. The number of thiazole rings is 1. The summed E-state index contributed by atoms with van der Waals surface area (Å²) in [4.78, 5) is 19.9. The molecular formula is C11H14N4O2S. The molecule has 1 N–H and O–H groups in total. The van der Waals surface area contributed by atoms with Gasteiger partial charge in [0, 0.05) is 25.3 Å². The number of hydrogen-bond acceptors (Lipinski definition) is 6. The lowest BCUT2D eigenvalue weighted by molar-refractivity contribution is -0.120. The minimum atomic E-state index is -0.109. The molecular weight excluding hydrogens is 252 g/mol. The van der Waals surface area contributed by atoms with Crippen LogP contribution in [0.15, 0.2) is 9.90 Å². The van der Waals surface area contributed by atoms with E-state index in [1.54, 1.807) is 18.3 Å². The van der Waals surface area contributed by atoms with Gasteiger partial charge in [0.25, 0.3) is 0 Å². The van der Waals surface area contributed by atoms with Crippen molar-refractivity contribution in [2.45, 2.75) is 26.7 Å². The summed E-state index contributed by atoms with van der Waals surface area (Å²) in [6, 6.07) is 0. The van der Waals surface area contributed by atoms with Crippen molar-refractivity contribution in [1.82, 2.24) is 20.4 Å². The number of hydrogen-bond donors (Lipinski definition) is 1. The van der Waals surface area contributed by atoms with Gasteiger partial charge in [-0.2, -0.15) is 4.98 Å². The number of amides is 1. The molecule has 7 heteroatoms. The largest absolute Gasteiger partial charge is 0.355 e. The van der Waals surface area contributed by atoms with Crippen LogP contribution < -0.4 is 5.32 Å². The van der Waals surface area contributed by atoms with E-state index in [2.05, 4.69) is 20.4 Å². The summed E-state index contributed by atoms with van der Waals surface area (Å²) in [6.07, 6.45) is 0.884. The zero-order chi connectivity index (χ0) is 13.0. The van der Waals surface area contributed by atoms with Crippen molar-refractivity contribution in [3.05, 3.63) is 27.8 Å². The van der Waals surface area contributed by atoms with Gasteiger partial charge < -0.3 is 9.84 Å².